The van der Waals surface area contributed by atoms with E-state index in [2.05, 4.69) is 0 Å². The summed E-state index contributed by atoms with van der Waals surface area (Å²) in [6.45, 7) is 0. The van der Waals surface area contributed by atoms with Crippen molar-refractivity contribution in [3.05, 3.63) is 50.1 Å². The second kappa shape index (κ2) is 5.27. The van der Waals surface area contributed by atoms with Gasteiger partial charge < -0.3 is 9.84 Å². The van der Waals surface area contributed by atoms with E-state index in [0.717, 1.165) is 4.88 Å². The number of ether oxygens (including phenoxy) is 1. The molecule has 1 heterocycles. The molecule has 0 saturated heterocycles. The van der Waals surface area contributed by atoms with Crippen LogP contribution in [0.25, 0.3) is 0 Å². The van der Waals surface area contributed by atoms with Gasteiger partial charge in [-0.2, -0.15) is 0 Å². The van der Waals surface area contributed by atoms with E-state index >= 15 is 0 Å². The van der Waals surface area contributed by atoms with Gasteiger partial charge in [-0.05, 0) is 17.5 Å². The molecule has 0 bridgehead atoms. The summed E-state index contributed by atoms with van der Waals surface area (Å²) in [5, 5.41) is 12.9. The molecule has 1 aromatic heterocycles. The van der Waals surface area contributed by atoms with Crippen LogP contribution in [-0.4, -0.2) is 12.2 Å². The third-order valence-corrected chi connectivity index (χ3v) is 3.93. The molecule has 0 saturated carbocycles. The fraction of sp³-hybridized carbons (Fsp3) is 0.167. The highest BCUT2D eigenvalue weighted by Gasteiger charge is 2.17. The number of hydrogen-bond donors (Lipinski definition) is 1. The molecule has 2 nitrogen and oxygen atoms in total. The van der Waals surface area contributed by atoms with Gasteiger partial charge in [-0.25, -0.2) is 0 Å². The maximum Gasteiger partial charge on any atom is 0.138 e. The van der Waals surface area contributed by atoms with E-state index in [1.807, 2.05) is 17.5 Å². The number of benzene rings is 1. The zero-order chi connectivity index (χ0) is 12.4. The minimum absolute atomic E-state index is 0.433. The lowest BCUT2D eigenvalue weighted by Gasteiger charge is -2.13. The van der Waals surface area contributed by atoms with Crippen LogP contribution in [0.5, 0.6) is 5.75 Å². The molecule has 0 aliphatic carbocycles. The summed E-state index contributed by atoms with van der Waals surface area (Å²) in [5.41, 5.74) is 0.583. The standard InChI is InChI=1S/C12H10Cl2O2S/c1-16-10-6-8(13)7(5-9(10)14)12(15)11-3-2-4-17-11/h2-6,12,15H,1H3. The van der Waals surface area contributed by atoms with Crippen molar-refractivity contribution in [1.82, 2.24) is 0 Å². The molecule has 0 aliphatic heterocycles. The molecule has 2 rings (SSSR count). The average Bonchev–Trinajstić information content (AvgIpc) is 2.84. The number of thiophene rings is 1. The Labute approximate surface area is 113 Å². The Kier molecular flexibility index (Phi) is 3.94. The zero-order valence-corrected chi connectivity index (χ0v) is 11.3. The van der Waals surface area contributed by atoms with Gasteiger partial charge in [0.2, 0.25) is 0 Å². The molecule has 5 heteroatoms. The van der Waals surface area contributed by atoms with Crippen LogP contribution in [0.3, 0.4) is 0 Å². The van der Waals surface area contributed by atoms with E-state index < -0.39 is 6.10 Å². The van der Waals surface area contributed by atoms with Crippen molar-refractivity contribution in [3.63, 3.8) is 0 Å². The van der Waals surface area contributed by atoms with Crippen LogP contribution in [-0.2, 0) is 0 Å². The largest absolute Gasteiger partial charge is 0.495 e. The van der Waals surface area contributed by atoms with Crippen molar-refractivity contribution in [2.75, 3.05) is 7.11 Å². The van der Waals surface area contributed by atoms with E-state index in [-0.39, 0.29) is 0 Å². The number of halogens is 2. The molecule has 90 valence electrons. The van der Waals surface area contributed by atoms with Crippen LogP contribution >= 0.6 is 34.5 Å². The first kappa shape index (κ1) is 12.7. The maximum atomic E-state index is 10.2. The number of hydrogen-bond acceptors (Lipinski definition) is 3. The van der Waals surface area contributed by atoms with Gasteiger partial charge in [-0.1, -0.05) is 29.3 Å². The monoisotopic (exact) mass is 288 g/mol. The van der Waals surface area contributed by atoms with Crippen molar-refractivity contribution in [1.29, 1.82) is 0 Å². The summed E-state index contributed by atoms with van der Waals surface area (Å²) in [6.07, 6.45) is -0.758. The van der Waals surface area contributed by atoms with Gasteiger partial charge in [-0.3, -0.25) is 0 Å². The molecule has 1 aromatic carbocycles. The SMILES string of the molecule is COc1cc(Cl)c(C(O)c2cccs2)cc1Cl. The fourth-order valence-corrected chi connectivity index (χ4v) is 2.74. The Morgan fingerprint density at radius 1 is 1.29 bits per heavy atom. The maximum absolute atomic E-state index is 10.2. The molecule has 17 heavy (non-hydrogen) atoms. The average molecular weight is 289 g/mol. The Balaban J connectivity index is 2.42. The fourth-order valence-electron chi connectivity index (χ4n) is 1.51. The van der Waals surface area contributed by atoms with Crippen molar-refractivity contribution in [2.45, 2.75) is 6.10 Å². The molecule has 2 aromatic rings. The van der Waals surface area contributed by atoms with E-state index in [0.29, 0.717) is 21.4 Å². The van der Waals surface area contributed by atoms with Gasteiger partial charge in [0, 0.05) is 16.5 Å². The van der Waals surface area contributed by atoms with E-state index in [4.69, 9.17) is 27.9 Å². The summed E-state index contributed by atoms with van der Waals surface area (Å²) in [6, 6.07) is 6.97. The summed E-state index contributed by atoms with van der Waals surface area (Å²) in [4.78, 5) is 0.827. The predicted octanol–water partition coefficient (Wildman–Crippen LogP) is 4.15. The molecule has 1 atom stereocenters. The summed E-state index contributed by atoms with van der Waals surface area (Å²) in [7, 11) is 1.52. The predicted molar refractivity (Wildman–Crippen MR) is 71.4 cm³/mol. The highest BCUT2D eigenvalue weighted by molar-refractivity contribution is 7.10. The minimum Gasteiger partial charge on any atom is -0.495 e. The van der Waals surface area contributed by atoms with Crippen LogP contribution in [0.1, 0.15) is 16.5 Å². The molecule has 0 fully saturated rings. The van der Waals surface area contributed by atoms with Crippen molar-refractivity contribution < 1.29 is 9.84 Å². The lowest BCUT2D eigenvalue weighted by atomic mass is 10.1. The molecule has 0 spiro atoms. The first-order valence-electron chi connectivity index (χ1n) is 4.88. The van der Waals surface area contributed by atoms with Gasteiger partial charge in [0.15, 0.2) is 0 Å². The lowest BCUT2D eigenvalue weighted by Crippen LogP contribution is -1.99. The topological polar surface area (TPSA) is 29.5 Å². The Hall–Kier alpha value is -0.740. The minimum atomic E-state index is -0.758. The van der Waals surface area contributed by atoms with Crippen molar-refractivity contribution in [2.24, 2.45) is 0 Å². The van der Waals surface area contributed by atoms with E-state index in [9.17, 15) is 5.11 Å². The van der Waals surface area contributed by atoms with Crippen LogP contribution in [0.4, 0.5) is 0 Å². The first-order chi connectivity index (χ1) is 8.13. The van der Waals surface area contributed by atoms with Crippen LogP contribution < -0.4 is 4.74 Å². The molecule has 1 unspecified atom stereocenters. The van der Waals surface area contributed by atoms with Crippen LogP contribution in [0.15, 0.2) is 29.6 Å². The molecule has 0 amide bonds. The normalized spacial score (nSPS) is 12.5. The van der Waals surface area contributed by atoms with Crippen LogP contribution in [0, 0.1) is 0 Å². The summed E-state index contributed by atoms with van der Waals surface area (Å²) < 4.78 is 5.06. The summed E-state index contributed by atoms with van der Waals surface area (Å²) in [5.74, 6) is 0.499. The zero-order valence-electron chi connectivity index (χ0n) is 8.98. The summed E-state index contributed by atoms with van der Waals surface area (Å²) >= 11 is 13.6. The second-order valence-electron chi connectivity index (χ2n) is 3.43. The third kappa shape index (κ3) is 2.58. The number of aliphatic hydroxyl groups is 1. The quantitative estimate of drug-likeness (QED) is 0.920. The van der Waals surface area contributed by atoms with Crippen molar-refractivity contribution >= 4 is 34.5 Å². The van der Waals surface area contributed by atoms with E-state index in [1.165, 1.54) is 18.4 Å². The first-order valence-corrected chi connectivity index (χ1v) is 6.51. The van der Waals surface area contributed by atoms with Gasteiger partial charge >= 0.3 is 0 Å². The molecule has 0 aliphatic rings. The van der Waals surface area contributed by atoms with Gasteiger partial charge in [0.25, 0.3) is 0 Å². The third-order valence-electron chi connectivity index (χ3n) is 2.38. The number of rotatable bonds is 3. The van der Waals surface area contributed by atoms with E-state index in [1.54, 1.807) is 12.1 Å². The molecular formula is C12H10Cl2O2S. The van der Waals surface area contributed by atoms with Gasteiger partial charge in [0.05, 0.1) is 17.2 Å². The van der Waals surface area contributed by atoms with Crippen LogP contribution in [0.2, 0.25) is 10.0 Å². The Bertz CT molecular complexity index is 511. The number of methoxy groups -OCH3 is 1. The molecule has 0 radical (unpaired) electrons. The smallest absolute Gasteiger partial charge is 0.138 e. The lowest BCUT2D eigenvalue weighted by molar-refractivity contribution is 0.224. The highest BCUT2D eigenvalue weighted by atomic mass is 35.5. The van der Waals surface area contributed by atoms with Crippen molar-refractivity contribution in [3.8, 4) is 5.75 Å². The van der Waals surface area contributed by atoms with Gasteiger partial charge in [-0.15, -0.1) is 11.3 Å². The number of aliphatic hydroxyl groups excluding tert-OH is 1. The second-order valence-corrected chi connectivity index (χ2v) is 5.22. The Morgan fingerprint density at radius 3 is 2.65 bits per heavy atom. The molecule has 1 N–H and O–H groups in total. The Morgan fingerprint density at radius 2 is 2.06 bits per heavy atom. The van der Waals surface area contributed by atoms with Gasteiger partial charge in [0.1, 0.15) is 11.9 Å². The molecular weight excluding hydrogens is 279 g/mol. The highest BCUT2D eigenvalue weighted by Crippen LogP contribution is 2.37.